The Bertz CT molecular complexity index is 629. The average molecular weight is 360 g/mol. The summed E-state index contributed by atoms with van der Waals surface area (Å²) in [5, 5.41) is 11.9. The zero-order valence-electron chi connectivity index (χ0n) is 10.9. The van der Waals surface area contributed by atoms with Gasteiger partial charge in [-0.3, -0.25) is 0 Å². The topological polar surface area (TPSA) is 32.3 Å². The first kappa shape index (κ1) is 15.9. The number of aliphatic hydroxyl groups is 1. The third-order valence-corrected chi connectivity index (χ3v) is 3.44. The molecule has 0 amide bonds. The number of alkyl halides is 3. The molecule has 0 spiro atoms. The molecule has 2 aromatic rings. The van der Waals surface area contributed by atoms with Crippen molar-refractivity contribution < 1.29 is 18.3 Å². The zero-order chi connectivity index (χ0) is 15.5. The normalized spacial score (nSPS) is 11.5. The Morgan fingerprint density at radius 1 is 1.05 bits per heavy atom. The molecule has 2 nitrogen and oxygen atoms in total. The maximum atomic E-state index is 12.9. The third-order valence-electron chi connectivity index (χ3n) is 2.94. The molecule has 0 aliphatic carbocycles. The average Bonchev–Trinajstić information content (AvgIpc) is 2.44. The van der Waals surface area contributed by atoms with Gasteiger partial charge in [-0.25, -0.2) is 0 Å². The number of aliphatic hydroxyl groups excluding tert-OH is 1. The number of anilines is 1. The molecular formula is C15H13BrF3NO. The van der Waals surface area contributed by atoms with E-state index in [4.69, 9.17) is 5.11 Å². The smallest absolute Gasteiger partial charge is 0.392 e. The highest BCUT2D eigenvalue weighted by atomic mass is 79.9. The predicted molar refractivity (Wildman–Crippen MR) is 78.8 cm³/mol. The van der Waals surface area contributed by atoms with Crippen molar-refractivity contribution in [1.82, 2.24) is 0 Å². The minimum atomic E-state index is -4.41. The van der Waals surface area contributed by atoms with Crippen molar-refractivity contribution in [3.63, 3.8) is 0 Å². The van der Waals surface area contributed by atoms with Crippen molar-refractivity contribution in [3.8, 4) is 0 Å². The molecule has 21 heavy (non-hydrogen) atoms. The number of halogens is 4. The van der Waals surface area contributed by atoms with Crippen LogP contribution in [0.4, 0.5) is 18.9 Å². The van der Waals surface area contributed by atoms with Crippen LogP contribution in [0.5, 0.6) is 0 Å². The molecule has 0 saturated heterocycles. The Labute approximate surface area is 128 Å². The Kier molecular flexibility index (Phi) is 4.90. The molecule has 0 bridgehead atoms. The lowest BCUT2D eigenvalue weighted by Gasteiger charge is -2.15. The molecule has 6 heteroatoms. The van der Waals surface area contributed by atoms with E-state index >= 15 is 0 Å². The van der Waals surface area contributed by atoms with Crippen LogP contribution in [0, 0.1) is 0 Å². The van der Waals surface area contributed by atoms with E-state index in [0.29, 0.717) is 4.47 Å². The van der Waals surface area contributed by atoms with Gasteiger partial charge in [-0.05, 0) is 29.3 Å². The van der Waals surface area contributed by atoms with Gasteiger partial charge in [0.15, 0.2) is 0 Å². The fourth-order valence-electron chi connectivity index (χ4n) is 1.95. The van der Waals surface area contributed by atoms with Gasteiger partial charge in [-0.1, -0.05) is 40.2 Å². The number of rotatable bonds is 4. The maximum Gasteiger partial charge on any atom is 0.418 e. The molecule has 0 atom stereocenters. The van der Waals surface area contributed by atoms with Crippen LogP contribution in [-0.2, 0) is 19.3 Å². The van der Waals surface area contributed by atoms with Crippen LogP contribution in [0.25, 0.3) is 0 Å². The van der Waals surface area contributed by atoms with Crippen LogP contribution in [-0.4, -0.2) is 5.11 Å². The molecule has 0 fully saturated rings. The van der Waals surface area contributed by atoms with E-state index in [0.717, 1.165) is 17.2 Å². The highest BCUT2D eigenvalue weighted by Gasteiger charge is 2.33. The van der Waals surface area contributed by atoms with E-state index in [9.17, 15) is 13.2 Å². The van der Waals surface area contributed by atoms with Crippen molar-refractivity contribution >= 4 is 21.6 Å². The first-order valence-corrected chi connectivity index (χ1v) is 6.99. The molecule has 2 rings (SSSR count). The fourth-order valence-corrected chi connectivity index (χ4v) is 2.31. The number of nitrogens with one attached hydrogen (secondary N) is 1. The van der Waals surface area contributed by atoms with Crippen molar-refractivity contribution in [2.45, 2.75) is 19.3 Å². The van der Waals surface area contributed by atoms with Crippen LogP contribution < -0.4 is 5.32 Å². The van der Waals surface area contributed by atoms with Gasteiger partial charge < -0.3 is 10.4 Å². The van der Waals surface area contributed by atoms with Crippen LogP contribution in [0.2, 0.25) is 0 Å². The molecule has 0 saturated carbocycles. The first-order valence-electron chi connectivity index (χ1n) is 6.19. The largest absolute Gasteiger partial charge is 0.418 e. The summed E-state index contributed by atoms with van der Waals surface area (Å²) in [6, 6.07) is 10.9. The summed E-state index contributed by atoms with van der Waals surface area (Å²) in [6.07, 6.45) is -4.41. The van der Waals surface area contributed by atoms with E-state index in [1.807, 2.05) is 0 Å². The van der Waals surface area contributed by atoms with Crippen LogP contribution in [0.3, 0.4) is 0 Å². The SMILES string of the molecule is OCc1cccc(CNc2cc(Br)ccc2C(F)(F)F)c1. The lowest BCUT2D eigenvalue weighted by molar-refractivity contribution is -0.137. The first-order chi connectivity index (χ1) is 9.90. The second kappa shape index (κ2) is 6.49. The maximum absolute atomic E-state index is 12.9. The summed E-state index contributed by atoms with van der Waals surface area (Å²) in [7, 11) is 0. The second-order valence-corrected chi connectivity index (χ2v) is 5.43. The summed E-state index contributed by atoms with van der Waals surface area (Å²) in [4.78, 5) is 0. The van der Waals surface area contributed by atoms with E-state index in [1.165, 1.54) is 12.1 Å². The monoisotopic (exact) mass is 359 g/mol. The molecule has 112 valence electrons. The van der Waals surface area contributed by atoms with Gasteiger partial charge >= 0.3 is 6.18 Å². The fraction of sp³-hybridized carbons (Fsp3) is 0.200. The highest BCUT2D eigenvalue weighted by molar-refractivity contribution is 9.10. The van der Waals surface area contributed by atoms with Gasteiger partial charge in [-0.15, -0.1) is 0 Å². The molecule has 0 heterocycles. The number of hydrogen-bond acceptors (Lipinski definition) is 2. The molecule has 0 aliphatic heterocycles. The minimum Gasteiger partial charge on any atom is -0.392 e. The van der Waals surface area contributed by atoms with Gasteiger partial charge in [0, 0.05) is 16.7 Å². The van der Waals surface area contributed by atoms with Crippen molar-refractivity contribution in [2.24, 2.45) is 0 Å². The summed E-state index contributed by atoms with van der Waals surface area (Å²) < 4.78 is 39.4. The summed E-state index contributed by atoms with van der Waals surface area (Å²) in [5.41, 5.74) is 0.838. The molecule has 0 radical (unpaired) electrons. The van der Waals surface area contributed by atoms with Gasteiger partial charge in [0.05, 0.1) is 12.2 Å². The van der Waals surface area contributed by atoms with Crippen molar-refractivity contribution in [3.05, 3.63) is 63.6 Å². The highest BCUT2D eigenvalue weighted by Crippen LogP contribution is 2.36. The van der Waals surface area contributed by atoms with Crippen LogP contribution in [0.1, 0.15) is 16.7 Å². The van der Waals surface area contributed by atoms with Crippen molar-refractivity contribution in [1.29, 1.82) is 0 Å². The van der Waals surface area contributed by atoms with Crippen LogP contribution >= 0.6 is 15.9 Å². The van der Waals surface area contributed by atoms with Gasteiger partial charge in [-0.2, -0.15) is 13.2 Å². The van der Waals surface area contributed by atoms with E-state index < -0.39 is 11.7 Å². The predicted octanol–water partition coefficient (Wildman–Crippen LogP) is 4.57. The standard InChI is InChI=1S/C15H13BrF3NO/c16-12-4-5-13(15(17,18)19)14(7-12)20-8-10-2-1-3-11(6-10)9-21/h1-7,20-21H,8-9H2. The summed E-state index contributed by atoms with van der Waals surface area (Å²) in [6.45, 7) is 0.145. The molecule has 2 N–H and O–H groups in total. The van der Waals surface area contributed by atoms with Gasteiger partial charge in [0.1, 0.15) is 0 Å². The van der Waals surface area contributed by atoms with Gasteiger partial charge in [0.25, 0.3) is 0 Å². The van der Waals surface area contributed by atoms with E-state index in [2.05, 4.69) is 21.2 Å². The van der Waals surface area contributed by atoms with Gasteiger partial charge in [0.2, 0.25) is 0 Å². The lowest BCUT2D eigenvalue weighted by atomic mass is 10.1. The zero-order valence-corrected chi connectivity index (χ0v) is 12.5. The summed E-state index contributed by atoms with van der Waals surface area (Å²) >= 11 is 3.17. The number of benzene rings is 2. The molecule has 0 aromatic heterocycles. The Balaban J connectivity index is 2.21. The molecule has 0 aliphatic rings. The number of hydrogen-bond donors (Lipinski definition) is 2. The van der Waals surface area contributed by atoms with Crippen molar-refractivity contribution in [2.75, 3.05) is 5.32 Å². The Morgan fingerprint density at radius 3 is 2.43 bits per heavy atom. The second-order valence-electron chi connectivity index (χ2n) is 4.52. The quantitative estimate of drug-likeness (QED) is 0.837. The Morgan fingerprint density at radius 2 is 1.76 bits per heavy atom. The molecule has 2 aromatic carbocycles. The minimum absolute atomic E-state index is 0.0197. The Hall–Kier alpha value is -1.53. The lowest BCUT2D eigenvalue weighted by Crippen LogP contribution is -2.11. The molecule has 0 unspecified atom stereocenters. The van der Waals surface area contributed by atoms with E-state index in [-0.39, 0.29) is 18.8 Å². The molecular weight excluding hydrogens is 347 g/mol. The third kappa shape index (κ3) is 4.22. The van der Waals surface area contributed by atoms with E-state index in [1.54, 1.807) is 24.3 Å². The van der Waals surface area contributed by atoms with Crippen LogP contribution in [0.15, 0.2) is 46.9 Å². The summed E-state index contributed by atoms with van der Waals surface area (Å²) in [5.74, 6) is 0.